The van der Waals surface area contributed by atoms with Crippen LogP contribution in [0.25, 0.3) is 0 Å². The minimum atomic E-state index is 0.544. The predicted octanol–water partition coefficient (Wildman–Crippen LogP) is 2.91. The Morgan fingerprint density at radius 2 is 2.00 bits per heavy atom. The molecule has 2 aromatic heterocycles. The SMILES string of the molecule is Cn1ncc(Br)c1CNC(=S)Nc1cnn(Cc2ccccc2)c1. The highest BCUT2D eigenvalue weighted by molar-refractivity contribution is 9.10. The van der Waals surface area contributed by atoms with Gasteiger partial charge in [0.15, 0.2) is 5.11 Å². The van der Waals surface area contributed by atoms with Crippen molar-refractivity contribution in [1.82, 2.24) is 24.9 Å². The minimum absolute atomic E-state index is 0.544. The van der Waals surface area contributed by atoms with Gasteiger partial charge in [0, 0.05) is 13.2 Å². The first-order valence-electron chi connectivity index (χ1n) is 7.39. The highest BCUT2D eigenvalue weighted by Gasteiger charge is 2.07. The van der Waals surface area contributed by atoms with E-state index in [4.69, 9.17) is 12.2 Å². The van der Waals surface area contributed by atoms with Crippen molar-refractivity contribution in [1.29, 1.82) is 0 Å². The van der Waals surface area contributed by atoms with Crippen LogP contribution >= 0.6 is 28.1 Å². The van der Waals surface area contributed by atoms with Crippen LogP contribution in [0.5, 0.6) is 0 Å². The molecule has 0 aliphatic heterocycles. The summed E-state index contributed by atoms with van der Waals surface area (Å²) < 4.78 is 4.63. The fourth-order valence-corrected chi connectivity index (χ4v) is 2.94. The van der Waals surface area contributed by atoms with Gasteiger partial charge in [-0.15, -0.1) is 0 Å². The van der Waals surface area contributed by atoms with Gasteiger partial charge in [0.1, 0.15) is 0 Å². The predicted molar refractivity (Wildman–Crippen MR) is 102 cm³/mol. The number of halogens is 1. The van der Waals surface area contributed by atoms with E-state index in [1.165, 1.54) is 5.56 Å². The summed E-state index contributed by atoms with van der Waals surface area (Å²) in [5.74, 6) is 0. The number of rotatable bonds is 5. The van der Waals surface area contributed by atoms with Crippen molar-refractivity contribution < 1.29 is 0 Å². The quantitative estimate of drug-likeness (QED) is 0.640. The van der Waals surface area contributed by atoms with E-state index in [0.717, 1.165) is 22.4 Å². The Labute approximate surface area is 154 Å². The number of anilines is 1. The van der Waals surface area contributed by atoms with Crippen LogP contribution < -0.4 is 10.6 Å². The van der Waals surface area contributed by atoms with E-state index in [9.17, 15) is 0 Å². The third-order valence-electron chi connectivity index (χ3n) is 3.51. The fourth-order valence-electron chi connectivity index (χ4n) is 2.26. The van der Waals surface area contributed by atoms with E-state index < -0.39 is 0 Å². The number of nitrogens with one attached hydrogen (secondary N) is 2. The molecular weight excluding hydrogens is 388 g/mol. The second-order valence-corrected chi connectivity index (χ2v) is 6.55. The average Bonchev–Trinajstić information content (AvgIpc) is 3.13. The second kappa shape index (κ2) is 7.59. The van der Waals surface area contributed by atoms with Crippen molar-refractivity contribution in [2.75, 3.05) is 5.32 Å². The van der Waals surface area contributed by atoms with E-state index in [0.29, 0.717) is 11.7 Å². The van der Waals surface area contributed by atoms with Crippen molar-refractivity contribution >= 4 is 38.9 Å². The largest absolute Gasteiger partial charge is 0.357 e. The number of thiocarbonyl (C=S) groups is 1. The molecule has 3 aromatic rings. The highest BCUT2D eigenvalue weighted by Crippen LogP contribution is 2.14. The summed E-state index contributed by atoms with van der Waals surface area (Å²) in [5.41, 5.74) is 3.08. The summed E-state index contributed by atoms with van der Waals surface area (Å²) >= 11 is 8.80. The number of aromatic nitrogens is 4. The van der Waals surface area contributed by atoms with Gasteiger partial charge in [0.05, 0.1) is 41.3 Å². The molecule has 0 atom stereocenters. The van der Waals surface area contributed by atoms with E-state index in [1.54, 1.807) is 17.1 Å². The molecule has 0 unspecified atom stereocenters. The summed E-state index contributed by atoms with van der Waals surface area (Å²) in [6.07, 6.45) is 5.46. The zero-order valence-corrected chi connectivity index (χ0v) is 15.5. The topological polar surface area (TPSA) is 59.7 Å². The summed E-state index contributed by atoms with van der Waals surface area (Å²) in [5, 5.41) is 15.4. The maximum absolute atomic E-state index is 5.33. The van der Waals surface area contributed by atoms with Crippen molar-refractivity contribution in [3.05, 3.63) is 64.7 Å². The maximum Gasteiger partial charge on any atom is 0.171 e. The van der Waals surface area contributed by atoms with Crippen molar-refractivity contribution in [3.8, 4) is 0 Å². The van der Waals surface area contributed by atoms with Gasteiger partial charge < -0.3 is 10.6 Å². The molecule has 0 saturated heterocycles. The molecule has 0 saturated carbocycles. The molecule has 3 rings (SSSR count). The molecule has 0 bridgehead atoms. The molecule has 8 heteroatoms. The van der Waals surface area contributed by atoms with E-state index in [-0.39, 0.29) is 0 Å². The number of benzene rings is 1. The molecule has 124 valence electrons. The Bertz CT molecular complexity index is 807. The highest BCUT2D eigenvalue weighted by atomic mass is 79.9. The van der Waals surface area contributed by atoms with Crippen LogP contribution in [0, 0.1) is 0 Å². The Kier molecular flexibility index (Phi) is 5.27. The first-order chi connectivity index (χ1) is 11.6. The van der Waals surface area contributed by atoms with Crippen LogP contribution in [-0.4, -0.2) is 24.7 Å². The normalized spacial score (nSPS) is 10.6. The third kappa shape index (κ3) is 4.21. The van der Waals surface area contributed by atoms with Crippen molar-refractivity contribution in [2.45, 2.75) is 13.1 Å². The molecule has 0 spiro atoms. The Hall–Kier alpha value is -2.19. The van der Waals surface area contributed by atoms with Gasteiger partial charge in [0.25, 0.3) is 0 Å². The number of aryl methyl sites for hydroxylation is 1. The summed E-state index contributed by atoms with van der Waals surface area (Å²) in [6.45, 7) is 1.31. The lowest BCUT2D eigenvalue weighted by Crippen LogP contribution is -2.28. The monoisotopic (exact) mass is 404 g/mol. The number of nitrogens with zero attached hydrogens (tertiary/aromatic N) is 4. The third-order valence-corrected chi connectivity index (χ3v) is 4.41. The fraction of sp³-hybridized carbons (Fsp3) is 0.188. The van der Waals surface area contributed by atoms with Crippen LogP contribution in [0.4, 0.5) is 5.69 Å². The lowest BCUT2D eigenvalue weighted by atomic mass is 10.2. The van der Waals surface area contributed by atoms with Gasteiger partial charge in [-0.3, -0.25) is 9.36 Å². The smallest absolute Gasteiger partial charge is 0.171 e. The standard InChI is InChI=1S/C16H17BrN6S/c1-22-15(14(17)8-19-22)9-18-16(24)21-13-7-20-23(11-13)10-12-5-3-2-4-6-12/h2-8,11H,9-10H2,1H3,(H2,18,21,24). The second-order valence-electron chi connectivity index (χ2n) is 5.28. The van der Waals surface area contributed by atoms with E-state index in [1.807, 2.05) is 36.1 Å². The molecule has 0 aliphatic carbocycles. The zero-order valence-electron chi connectivity index (χ0n) is 13.1. The summed E-state index contributed by atoms with van der Waals surface area (Å²) in [6, 6.07) is 10.2. The molecule has 2 N–H and O–H groups in total. The van der Waals surface area contributed by atoms with Crippen LogP contribution in [-0.2, 0) is 20.1 Å². The van der Waals surface area contributed by atoms with Crippen LogP contribution in [0.3, 0.4) is 0 Å². The molecule has 0 fully saturated rings. The molecule has 6 nitrogen and oxygen atoms in total. The Balaban J connectivity index is 1.53. The first-order valence-corrected chi connectivity index (χ1v) is 8.59. The van der Waals surface area contributed by atoms with E-state index >= 15 is 0 Å². The first kappa shape index (κ1) is 16.7. The van der Waals surface area contributed by atoms with Gasteiger partial charge in [-0.25, -0.2) is 0 Å². The molecule has 0 amide bonds. The molecule has 1 aromatic carbocycles. The van der Waals surface area contributed by atoms with Crippen LogP contribution in [0.15, 0.2) is 53.4 Å². The van der Waals surface area contributed by atoms with Crippen molar-refractivity contribution in [3.63, 3.8) is 0 Å². The molecule has 0 aliphatic rings. The van der Waals surface area contributed by atoms with Crippen LogP contribution in [0.2, 0.25) is 0 Å². The van der Waals surface area contributed by atoms with Gasteiger partial charge in [-0.2, -0.15) is 10.2 Å². The van der Waals surface area contributed by atoms with Gasteiger partial charge in [0.2, 0.25) is 0 Å². The number of hydrogen-bond acceptors (Lipinski definition) is 3. The summed E-state index contributed by atoms with van der Waals surface area (Å²) in [4.78, 5) is 0. The lowest BCUT2D eigenvalue weighted by Gasteiger charge is -2.09. The van der Waals surface area contributed by atoms with Crippen molar-refractivity contribution in [2.24, 2.45) is 7.05 Å². The molecule has 2 heterocycles. The average molecular weight is 405 g/mol. The molecule has 24 heavy (non-hydrogen) atoms. The molecule has 0 radical (unpaired) electrons. The Morgan fingerprint density at radius 1 is 1.21 bits per heavy atom. The van der Waals surface area contributed by atoms with Gasteiger partial charge in [-0.05, 0) is 33.7 Å². The lowest BCUT2D eigenvalue weighted by molar-refractivity contribution is 0.687. The zero-order chi connectivity index (χ0) is 16.9. The van der Waals surface area contributed by atoms with Gasteiger partial charge >= 0.3 is 0 Å². The Morgan fingerprint density at radius 3 is 2.71 bits per heavy atom. The number of hydrogen-bond donors (Lipinski definition) is 2. The van der Waals surface area contributed by atoms with E-state index in [2.05, 4.69) is 48.9 Å². The minimum Gasteiger partial charge on any atom is -0.357 e. The maximum atomic E-state index is 5.33. The van der Waals surface area contributed by atoms with Crippen LogP contribution in [0.1, 0.15) is 11.3 Å². The molecular formula is C16H17BrN6S. The summed E-state index contributed by atoms with van der Waals surface area (Å²) in [7, 11) is 1.89. The van der Waals surface area contributed by atoms with Gasteiger partial charge in [-0.1, -0.05) is 30.3 Å².